The van der Waals surface area contributed by atoms with E-state index in [9.17, 15) is 9.32 Å². The Kier molecular flexibility index (Phi) is 10.6. The van der Waals surface area contributed by atoms with Crippen molar-refractivity contribution in [2.45, 2.75) is 76.1 Å². The molecule has 0 bridgehead atoms. The molecule has 5 heteroatoms. The molecule has 1 aliphatic carbocycles. The van der Waals surface area contributed by atoms with Gasteiger partial charge in [-0.05, 0) is 54.9 Å². The molecule has 1 unspecified atom stereocenters. The zero-order chi connectivity index (χ0) is 27.7. The highest BCUT2D eigenvalue weighted by molar-refractivity contribution is 7.96. The van der Waals surface area contributed by atoms with Gasteiger partial charge in [0.25, 0.3) is 0 Å². The average molecular weight is 545 g/mol. The Morgan fingerprint density at radius 2 is 1.44 bits per heavy atom. The van der Waals surface area contributed by atoms with Gasteiger partial charge in [-0.15, -0.1) is 0 Å². The van der Waals surface area contributed by atoms with E-state index in [4.69, 9.17) is 0 Å². The topological polar surface area (TPSA) is 52.9 Å². The molecule has 4 nitrogen and oxygen atoms in total. The monoisotopic (exact) mass is 544 g/mol. The number of nitrogens with zero attached hydrogens (tertiary/aromatic N) is 2. The van der Waals surface area contributed by atoms with Crippen LogP contribution >= 0.6 is 0 Å². The molecule has 0 radical (unpaired) electrons. The molecule has 0 amide bonds. The molecular formula is C34H44N2O2S. The summed E-state index contributed by atoms with van der Waals surface area (Å²) in [6.07, 6.45) is 4.20. The van der Waals surface area contributed by atoms with Gasteiger partial charge in [-0.2, -0.15) is 0 Å². The van der Waals surface area contributed by atoms with E-state index in [0.29, 0.717) is 5.92 Å². The lowest BCUT2D eigenvalue weighted by Crippen LogP contribution is -2.47. The lowest BCUT2D eigenvalue weighted by molar-refractivity contribution is -0.00390. The molecule has 0 heterocycles. The maximum Gasteiger partial charge on any atom is 0.0966 e. The molecule has 3 aromatic carbocycles. The normalized spacial score (nSPS) is 20.1. The van der Waals surface area contributed by atoms with Crippen LogP contribution in [0.2, 0.25) is 0 Å². The Morgan fingerprint density at radius 1 is 0.897 bits per heavy atom. The summed E-state index contributed by atoms with van der Waals surface area (Å²) in [5.74, 6) is 0.386. The van der Waals surface area contributed by atoms with Gasteiger partial charge in [-0.25, -0.2) is 8.57 Å². The van der Waals surface area contributed by atoms with E-state index in [2.05, 4.69) is 71.6 Å². The van der Waals surface area contributed by atoms with Crippen LogP contribution in [0.3, 0.4) is 0 Å². The fourth-order valence-electron chi connectivity index (χ4n) is 5.83. The van der Waals surface area contributed by atoms with Crippen LogP contribution in [0.25, 0.3) is 0 Å². The van der Waals surface area contributed by atoms with Crippen LogP contribution in [0.1, 0.15) is 57.1 Å². The van der Waals surface area contributed by atoms with Gasteiger partial charge < -0.3 is 5.11 Å². The van der Waals surface area contributed by atoms with Crippen LogP contribution in [-0.2, 0) is 22.8 Å². The molecule has 4 rings (SSSR count). The van der Waals surface area contributed by atoms with Crippen molar-refractivity contribution in [3.05, 3.63) is 113 Å². The first kappa shape index (κ1) is 29.3. The molecule has 1 N–H and O–H groups in total. The Hall–Kier alpha value is -2.73. The minimum Gasteiger partial charge on any atom is -0.391 e. The van der Waals surface area contributed by atoms with E-state index in [-0.39, 0.29) is 12.0 Å². The molecule has 0 spiro atoms. The fraction of sp³-hybridized carbons (Fsp3) is 0.412. The van der Waals surface area contributed by atoms with Gasteiger partial charge in [0.05, 0.1) is 20.7 Å². The lowest BCUT2D eigenvalue weighted by atomic mass is 9.77. The number of hydrogen-bond acceptors (Lipinski definition) is 4. The molecular weight excluding hydrogens is 500 g/mol. The van der Waals surface area contributed by atoms with E-state index in [0.717, 1.165) is 55.7 Å². The average Bonchev–Trinajstić information content (AvgIpc) is 2.97. The van der Waals surface area contributed by atoms with Crippen LogP contribution in [0.5, 0.6) is 0 Å². The zero-order valence-corrected chi connectivity index (χ0v) is 24.5. The summed E-state index contributed by atoms with van der Waals surface area (Å²) < 4.78 is 18.4. The first-order chi connectivity index (χ1) is 18.9. The highest BCUT2D eigenvalue weighted by atomic mass is 32.2. The third kappa shape index (κ3) is 7.91. The predicted octanol–water partition coefficient (Wildman–Crippen LogP) is 7.70. The maximum absolute atomic E-state index is 14.0. The van der Waals surface area contributed by atoms with E-state index < -0.39 is 15.8 Å². The highest BCUT2D eigenvalue weighted by Gasteiger charge is 2.36. The molecule has 39 heavy (non-hydrogen) atoms. The minimum atomic E-state index is -2.70. The van der Waals surface area contributed by atoms with Crippen molar-refractivity contribution >= 4 is 9.73 Å². The number of hydrogen-bond donors (Lipinski definition) is 1. The van der Waals surface area contributed by atoms with Gasteiger partial charge >= 0.3 is 0 Å². The van der Waals surface area contributed by atoms with Gasteiger partial charge in [-0.1, -0.05) is 105 Å². The Balaban J connectivity index is 1.71. The molecule has 1 fully saturated rings. The SMILES string of the molecule is CN=S(=O)(/C=C1\CCCC[C@H]1[C@@H](O)[C@H](CC(C)C)N(Cc1ccccc1)Cc1ccccc1)c1ccccc1. The quantitative estimate of drug-likeness (QED) is 0.269. The third-order valence-electron chi connectivity index (χ3n) is 7.82. The minimum absolute atomic E-state index is 0.0387. The molecule has 0 aromatic heterocycles. The molecule has 1 aliphatic rings. The maximum atomic E-state index is 14.0. The van der Waals surface area contributed by atoms with Crippen LogP contribution < -0.4 is 0 Å². The predicted molar refractivity (Wildman–Crippen MR) is 163 cm³/mol. The summed E-state index contributed by atoms with van der Waals surface area (Å²) in [6.45, 7) is 6.00. The van der Waals surface area contributed by atoms with Crippen LogP contribution in [0.4, 0.5) is 0 Å². The lowest BCUT2D eigenvalue weighted by Gasteiger charge is -2.41. The van der Waals surface area contributed by atoms with E-state index >= 15 is 0 Å². The molecule has 208 valence electrons. The highest BCUT2D eigenvalue weighted by Crippen LogP contribution is 2.37. The molecule has 3 aromatic rings. The van der Waals surface area contributed by atoms with Gasteiger partial charge in [-0.3, -0.25) is 4.90 Å². The third-order valence-corrected chi connectivity index (χ3v) is 9.93. The summed E-state index contributed by atoms with van der Waals surface area (Å²) in [4.78, 5) is 3.19. The van der Waals surface area contributed by atoms with Crippen molar-refractivity contribution < 1.29 is 9.32 Å². The van der Waals surface area contributed by atoms with Crippen molar-refractivity contribution in [3.8, 4) is 0 Å². The standard InChI is InChI=1S/C34H44N2O2S/c1-27(2)23-33(36(24-28-15-7-4-8-16-28)25-29-17-9-5-10-18-29)34(37)32-22-14-13-19-30(32)26-39(38,35-3)31-20-11-6-12-21-31/h4-12,15-18,20-21,26-27,32-34,37H,13-14,19,22-25H2,1-3H3/b30-26+/t32-,33+,34-,39?/m1/s1. The summed E-state index contributed by atoms with van der Waals surface area (Å²) in [5.41, 5.74) is 3.58. The van der Waals surface area contributed by atoms with Crippen LogP contribution in [0.15, 0.2) is 111 Å². The molecule has 1 saturated carbocycles. The number of aliphatic hydroxyl groups is 1. The largest absolute Gasteiger partial charge is 0.391 e. The van der Waals surface area contributed by atoms with Crippen LogP contribution in [0, 0.1) is 11.8 Å². The van der Waals surface area contributed by atoms with Crippen molar-refractivity contribution in [2.75, 3.05) is 7.05 Å². The molecule has 0 saturated heterocycles. The first-order valence-corrected chi connectivity index (χ1v) is 15.9. The van der Waals surface area contributed by atoms with Gasteiger partial charge in [0.2, 0.25) is 0 Å². The fourth-order valence-corrected chi connectivity index (χ4v) is 7.53. The number of rotatable bonds is 11. The number of benzene rings is 3. The second-order valence-corrected chi connectivity index (χ2v) is 13.4. The van der Waals surface area contributed by atoms with Crippen molar-refractivity contribution in [2.24, 2.45) is 16.2 Å². The Bertz CT molecular complexity index is 1260. The summed E-state index contributed by atoms with van der Waals surface area (Å²) in [7, 11) is -1.06. The molecule has 4 atom stereocenters. The number of aliphatic hydroxyl groups excluding tert-OH is 1. The Morgan fingerprint density at radius 3 is 1.95 bits per heavy atom. The van der Waals surface area contributed by atoms with Gasteiger partial charge in [0.1, 0.15) is 0 Å². The zero-order valence-electron chi connectivity index (χ0n) is 23.7. The van der Waals surface area contributed by atoms with Gasteiger partial charge in [0.15, 0.2) is 0 Å². The van der Waals surface area contributed by atoms with E-state index in [1.807, 2.05) is 47.9 Å². The van der Waals surface area contributed by atoms with Crippen molar-refractivity contribution in [3.63, 3.8) is 0 Å². The van der Waals surface area contributed by atoms with Crippen molar-refractivity contribution in [1.82, 2.24) is 4.90 Å². The summed E-state index contributed by atoms with van der Waals surface area (Å²) in [6, 6.07) is 30.6. The Labute approximate surface area is 236 Å². The summed E-state index contributed by atoms with van der Waals surface area (Å²) >= 11 is 0. The smallest absolute Gasteiger partial charge is 0.0966 e. The second-order valence-electron chi connectivity index (χ2n) is 11.2. The van der Waals surface area contributed by atoms with E-state index in [1.165, 1.54) is 11.1 Å². The van der Waals surface area contributed by atoms with Crippen molar-refractivity contribution in [1.29, 1.82) is 0 Å². The summed E-state index contributed by atoms with van der Waals surface area (Å²) in [5, 5.41) is 14.1. The first-order valence-electron chi connectivity index (χ1n) is 14.3. The second kappa shape index (κ2) is 14.1. The van der Waals surface area contributed by atoms with Gasteiger partial charge in [0, 0.05) is 37.5 Å². The van der Waals surface area contributed by atoms with Crippen LogP contribution in [-0.4, -0.2) is 33.4 Å². The molecule has 0 aliphatic heterocycles. The van der Waals surface area contributed by atoms with E-state index in [1.54, 1.807) is 7.05 Å².